The normalized spacial score (nSPS) is 12.3. The van der Waals surface area contributed by atoms with Gasteiger partial charge < -0.3 is 5.32 Å². The van der Waals surface area contributed by atoms with Gasteiger partial charge in [0.1, 0.15) is 12.4 Å². The maximum absolute atomic E-state index is 13.7. The van der Waals surface area contributed by atoms with E-state index in [2.05, 4.69) is 5.32 Å². The highest BCUT2D eigenvalue weighted by Crippen LogP contribution is 2.27. The molecule has 1 N–H and O–H groups in total. The standard InChI is InChI=1S/C23H22ClFN2O3S/c1-16-8-10-18(11-9-16)17(2)26-23(28)15-27(19-12-13-22(25)21(24)14-19)31(29,30)20-6-4-3-5-7-20/h3-14,17H,15H2,1-2H3,(H,26,28)/t17-/m1/s1. The van der Waals surface area contributed by atoms with Crippen LogP contribution in [0.15, 0.2) is 77.7 Å². The lowest BCUT2D eigenvalue weighted by Crippen LogP contribution is -2.41. The molecule has 0 aliphatic rings. The Balaban J connectivity index is 1.90. The zero-order valence-corrected chi connectivity index (χ0v) is 18.6. The zero-order valence-electron chi connectivity index (χ0n) is 17.0. The predicted octanol–water partition coefficient (Wildman–Crippen LogP) is 4.86. The quantitative estimate of drug-likeness (QED) is 0.547. The van der Waals surface area contributed by atoms with E-state index in [9.17, 15) is 17.6 Å². The molecule has 0 spiro atoms. The fraction of sp³-hybridized carbons (Fsp3) is 0.174. The molecule has 3 aromatic carbocycles. The number of carbonyl (C=O) groups excluding carboxylic acids is 1. The first-order valence-corrected chi connectivity index (χ1v) is 11.4. The second-order valence-electron chi connectivity index (χ2n) is 7.12. The summed E-state index contributed by atoms with van der Waals surface area (Å²) in [5.41, 5.74) is 2.07. The molecule has 31 heavy (non-hydrogen) atoms. The average molecular weight is 461 g/mol. The van der Waals surface area contributed by atoms with Gasteiger partial charge in [0.05, 0.1) is 21.6 Å². The summed E-state index contributed by atoms with van der Waals surface area (Å²) in [6, 6.07) is 18.6. The van der Waals surface area contributed by atoms with Crippen LogP contribution in [0.2, 0.25) is 5.02 Å². The number of hydrogen-bond acceptors (Lipinski definition) is 3. The highest BCUT2D eigenvalue weighted by Gasteiger charge is 2.28. The molecule has 0 radical (unpaired) electrons. The summed E-state index contributed by atoms with van der Waals surface area (Å²) in [5.74, 6) is -1.19. The van der Waals surface area contributed by atoms with Crippen molar-refractivity contribution in [2.75, 3.05) is 10.8 Å². The van der Waals surface area contributed by atoms with E-state index >= 15 is 0 Å². The van der Waals surface area contributed by atoms with Crippen molar-refractivity contribution in [2.45, 2.75) is 24.8 Å². The summed E-state index contributed by atoms with van der Waals surface area (Å²) in [7, 11) is -4.09. The Kier molecular flexibility index (Phi) is 6.97. The Bertz CT molecular complexity index is 1170. The third-order valence-corrected chi connectivity index (χ3v) is 6.84. The molecule has 8 heteroatoms. The van der Waals surface area contributed by atoms with Gasteiger partial charge in [-0.3, -0.25) is 9.10 Å². The Morgan fingerprint density at radius 1 is 1.06 bits per heavy atom. The SMILES string of the molecule is Cc1ccc([C@@H](C)NC(=O)CN(c2ccc(F)c(Cl)c2)S(=O)(=O)c2ccccc2)cc1. The molecule has 0 saturated heterocycles. The molecule has 162 valence electrons. The number of amides is 1. The van der Waals surface area contributed by atoms with Gasteiger partial charge in [-0.2, -0.15) is 0 Å². The lowest BCUT2D eigenvalue weighted by Gasteiger charge is -2.25. The smallest absolute Gasteiger partial charge is 0.264 e. The van der Waals surface area contributed by atoms with Gasteiger partial charge in [0.15, 0.2) is 0 Å². The van der Waals surface area contributed by atoms with Gasteiger partial charge >= 0.3 is 0 Å². The van der Waals surface area contributed by atoms with E-state index in [0.29, 0.717) is 0 Å². The number of anilines is 1. The summed E-state index contributed by atoms with van der Waals surface area (Å²) >= 11 is 5.87. The second kappa shape index (κ2) is 9.49. The summed E-state index contributed by atoms with van der Waals surface area (Å²) in [5, 5.41) is 2.58. The molecule has 5 nitrogen and oxygen atoms in total. The fourth-order valence-electron chi connectivity index (χ4n) is 3.03. The van der Waals surface area contributed by atoms with E-state index in [1.807, 2.05) is 38.1 Å². The Morgan fingerprint density at radius 2 is 1.71 bits per heavy atom. The molecule has 0 saturated carbocycles. The van der Waals surface area contributed by atoms with E-state index in [4.69, 9.17) is 11.6 Å². The first-order valence-electron chi connectivity index (χ1n) is 9.57. The molecular formula is C23H22ClFN2O3S. The van der Waals surface area contributed by atoms with Crippen molar-refractivity contribution >= 4 is 33.2 Å². The van der Waals surface area contributed by atoms with Crippen molar-refractivity contribution < 1.29 is 17.6 Å². The molecule has 0 bridgehead atoms. The summed E-state index contributed by atoms with van der Waals surface area (Å²) in [6.45, 7) is 3.29. The van der Waals surface area contributed by atoms with Gasteiger partial charge in [-0.25, -0.2) is 12.8 Å². The Labute approximate surface area is 186 Å². The van der Waals surface area contributed by atoms with Gasteiger partial charge in [-0.05, 0) is 49.7 Å². The molecule has 1 atom stereocenters. The zero-order chi connectivity index (χ0) is 22.6. The Hall–Kier alpha value is -2.90. The van der Waals surface area contributed by atoms with Crippen LogP contribution >= 0.6 is 11.6 Å². The minimum absolute atomic E-state index is 0.00910. The van der Waals surface area contributed by atoms with Gasteiger partial charge in [0, 0.05) is 0 Å². The van der Waals surface area contributed by atoms with Crippen LogP contribution in [-0.4, -0.2) is 20.9 Å². The predicted molar refractivity (Wildman–Crippen MR) is 120 cm³/mol. The van der Waals surface area contributed by atoms with Crippen LogP contribution in [0.3, 0.4) is 0 Å². The van der Waals surface area contributed by atoms with Crippen LogP contribution in [-0.2, 0) is 14.8 Å². The molecule has 0 heterocycles. The van der Waals surface area contributed by atoms with E-state index < -0.39 is 28.3 Å². The van der Waals surface area contributed by atoms with Crippen molar-refractivity contribution in [3.63, 3.8) is 0 Å². The van der Waals surface area contributed by atoms with Crippen LogP contribution in [0.1, 0.15) is 24.1 Å². The van der Waals surface area contributed by atoms with E-state index in [1.165, 1.54) is 24.3 Å². The van der Waals surface area contributed by atoms with Crippen LogP contribution in [0, 0.1) is 12.7 Å². The summed E-state index contributed by atoms with van der Waals surface area (Å²) in [4.78, 5) is 12.8. The average Bonchev–Trinajstić information content (AvgIpc) is 2.75. The molecule has 0 fully saturated rings. The van der Waals surface area contributed by atoms with Crippen molar-refractivity contribution in [3.8, 4) is 0 Å². The number of rotatable bonds is 7. The monoisotopic (exact) mass is 460 g/mol. The lowest BCUT2D eigenvalue weighted by molar-refractivity contribution is -0.120. The number of nitrogens with zero attached hydrogens (tertiary/aromatic N) is 1. The van der Waals surface area contributed by atoms with E-state index in [1.54, 1.807) is 18.2 Å². The van der Waals surface area contributed by atoms with Crippen molar-refractivity contribution in [1.82, 2.24) is 5.32 Å². The first-order chi connectivity index (χ1) is 14.7. The second-order valence-corrected chi connectivity index (χ2v) is 9.39. The topological polar surface area (TPSA) is 66.5 Å². The fourth-order valence-corrected chi connectivity index (χ4v) is 4.64. The first kappa shape index (κ1) is 22.8. The van der Waals surface area contributed by atoms with Crippen LogP contribution in [0.5, 0.6) is 0 Å². The van der Waals surface area contributed by atoms with E-state index in [0.717, 1.165) is 21.5 Å². The maximum Gasteiger partial charge on any atom is 0.264 e. The number of nitrogens with one attached hydrogen (secondary N) is 1. The minimum Gasteiger partial charge on any atom is -0.348 e. The van der Waals surface area contributed by atoms with Gasteiger partial charge in [0.2, 0.25) is 5.91 Å². The molecule has 3 aromatic rings. The Morgan fingerprint density at radius 3 is 2.32 bits per heavy atom. The summed E-state index contributed by atoms with van der Waals surface area (Å²) < 4.78 is 41.1. The molecule has 0 unspecified atom stereocenters. The molecule has 3 rings (SSSR count). The third-order valence-electron chi connectivity index (χ3n) is 4.76. The number of benzene rings is 3. The van der Waals surface area contributed by atoms with Crippen molar-refractivity contribution in [2.24, 2.45) is 0 Å². The number of aryl methyl sites for hydroxylation is 1. The number of sulfonamides is 1. The summed E-state index contributed by atoms with van der Waals surface area (Å²) in [6.07, 6.45) is 0. The molecule has 0 aromatic heterocycles. The third kappa shape index (κ3) is 5.42. The van der Waals surface area contributed by atoms with Gasteiger partial charge in [0.25, 0.3) is 10.0 Å². The largest absolute Gasteiger partial charge is 0.348 e. The van der Waals surface area contributed by atoms with Crippen LogP contribution in [0.25, 0.3) is 0 Å². The van der Waals surface area contributed by atoms with Crippen molar-refractivity contribution in [3.05, 3.63) is 94.8 Å². The number of halogens is 2. The molecule has 1 amide bonds. The highest BCUT2D eigenvalue weighted by molar-refractivity contribution is 7.92. The van der Waals surface area contributed by atoms with E-state index in [-0.39, 0.29) is 21.6 Å². The van der Waals surface area contributed by atoms with Gasteiger partial charge in [-0.1, -0.05) is 59.6 Å². The number of carbonyl (C=O) groups is 1. The number of hydrogen-bond donors (Lipinski definition) is 1. The lowest BCUT2D eigenvalue weighted by atomic mass is 10.1. The molecule has 0 aliphatic carbocycles. The van der Waals surface area contributed by atoms with Crippen LogP contribution in [0.4, 0.5) is 10.1 Å². The molecule has 0 aliphatic heterocycles. The minimum atomic E-state index is -4.09. The van der Waals surface area contributed by atoms with Gasteiger partial charge in [-0.15, -0.1) is 0 Å². The maximum atomic E-state index is 13.7. The highest BCUT2D eigenvalue weighted by atomic mass is 35.5. The van der Waals surface area contributed by atoms with Crippen LogP contribution < -0.4 is 9.62 Å². The molecular weight excluding hydrogens is 439 g/mol. The van der Waals surface area contributed by atoms with Crippen molar-refractivity contribution in [1.29, 1.82) is 0 Å².